The first-order valence-electron chi connectivity index (χ1n) is 8.00. The molecule has 3 aliphatic rings. The van der Waals surface area contributed by atoms with E-state index in [1.165, 1.54) is 6.07 Å². The van der Waals surface area contributed by atoms with E-state index in [0.29, 0.717) is 5.92 Å². The second kappa shape index (κ2) is 6.55. The van der Waals surface area contributed by atoms with Crippen LogP contribution in [0.1, 0.15) is 18.4 Å². The summed E-state index contributed by atoms with van der Waals surface area (Å²) in [5.74, 6) is -0.657. The van der Waals surface area contributed by atoms with Crippen LogP contribution in [0.4, 0.5) is 18.9 Å². The quantitative estimate of drug-likeness (QED) is 0.566. The van der Waals surface area contributed by atoms with Gasteiger partial charge in [-0.2, -0.15) is 0 Å². The highest BCUT2D eigenvalue weighted by molar-refractivity contribution is 6.45. The van der Waals surface area contributed by atoms with E-state index in [1.807, 2.05) is 0 Å². The molecule has 6 nitrogen and oxygen atoms in total. The molecule has 0 spiro atoms. The zero-order chi connectivity index (χ0) is 18.2. The van der Waals surface area contributed by atoms with Gasteiger partial charge < -0.3 is 20.7 Å². The summed E-state index contributed by atoms with van der Waals surface area (Å²) in [6.45, 7) is 2.82. The molecular weight excluding hydrogens is 337 g/mol. The number of hydrogen-bond donors (Lipinski definition) is 3. The van der Waals surface area contributed by atoms with Gasteiger partial charge in [-0.05, 0) is 44.0 Å². The molecule has 4 rings (SSSR count). The molecule has 0 aliphatic carbocycles. The first kappa shape index (κ1) is 17.5. The predicted molar refractivity (Wildman–Crippen MR) is 85.5 cm³/mol. The molecule has 1 atom stereocenters. The van der Waals surface area contributed by atoms with Crippen molar-refractivity contribution in [2.75, 3.05) is 25.4 Å². The van der Waals surface area contributed by atoms with Crippen LogP contribution in [0.2, 0.25) is 0 Å². The van der Waals surface area contributed by atoms with Gasteiger partial charge in [-0.25, -0.2) is 0 Å². The van der Waals surface area contributed by atoms with Crippen LogP contribution in [0.15, 0.2) is 18.2 Å². The summed E-state index contributed by atoms with van der Waals surface area (Å²) in [5.41, 5.74) is 5.29. The fraction of sp³-hybridized carbons (Fsp3) is 0.500. The Hall–Kier alpha value is -2.29. The van der Waals surface area contributed by atoms with Crippen LogP contribution >= 0.6 is 0 Å². The monoisotopic (exact) mass is 356 g/mol. The second-order valence-corrected chi connectivity index (χ2v) is 6.39. The fourth-order valence-electron chi connectivity index (χ4n) is 3.46. The number of carbonyl (C=O) groups excluding carboxylic acids is 1. The molecule has 4 N–H and O–H groups in total. The molecule has 1 aromatic rings. The average Bonchev–Trinajstić information content (AvgIpc) is 2.54. The van der Waals surface area contributed by atoms with Crippen molar-refractivity contribution in [2.45, 2.75) is 25.2 Å². The number of carbonyl (C=O) groups is 1. The molecule has 136 valence electrons. The third-order valence-corrected chi connectivity index (χ3v) is 4.73. The third-order valence-electron chi connectivity index (χ3n) is 4.73. The molecule has 2 bridgehead atoms. The maximum Gasteiger partial charge on any atom is 0.573 e. The Morgan fingerprint density at radius 1 is 1.32 bits per heavy atom. The molecule has 9 heteroatoms. The van der Waals surface area contributed by atoms with Crippen molar-refractivity contribution < 1.29 is 22.7 Å². The van der Waals surface area contributed by atoms with Gasteiger partial charge in [0, 0.05) is 29.9 Å². The van der Waals surface area contributed by atoms with E-state index in [9.17, 15) is 18.0 Å². The van der Waals surface area contributed by atoms with Crippen molar-refractivity contribution in [3.8, 4) is 5.75 Å². The van der Waals surface area contributed by atoms with E-state index in [-0.39, 0.29) is 23.0 Å². The van der Waals surface area contributed by atoms with Crippen LogP contribution in [0.5, 0.6) is 5.75 Å². The van der Waals surface area contributed by atoms with Gasteiger partial charge in [0.05, 0.1) is 0 Å². The highest BCUT2D eigenvalue weighted by atomic mass is 19.4. The number of ether oxygens (including phenoxy) is 1. The lowest BCUT2D eigenvalue weighted by Gasteiger charge is -2.44. The number of amides is 1. The molecule has 3 heterocycles. The number of alkyl halides is 3. The van der Waals surface area contributed by atoms with Gasteiger partial charge in [0.2, 0.25) is 0 Å². The Morgan fingerprint density at radius 3 is 2.52 bits per heavy atom. The number of nitrogens with one attached hydrogen (secondary N) is 2. The van der Waals surface area contributed by atoms with E-state index in [4.69, 9.17) is 11.1 Å². The molecule has 1 aromatic carbocycles. The largest absolute Gasteiger partial charge is 0.573 e. The van der Waals surface area contributed by atoms with Gasteiger partial charge in [0.1, 0.15) is 11.5 Å². The van der Waals surface area contributed by atoms with Crippen LogP contribution < -0.4 is 15.8 Å². The molecule has 1 amide bonds. The summed E-state index contributed by atoms with van der Waals surface area (Å²) in [6.07, 6.45) is -2.79. The average molecular weight is 356 g/mol. The highest BCUT2D eigenvalue weighted by Gasteiger charge is 2.35. The molecule has 3 fully saturated rings. The number of rotatable bonds is 4. The van der Waals surface area contributed by atoms with Crippen LogP contribution in [-0.2, 0) is 4.79 Å². The van der Waals surface area contributed by atoms with Crippen molar-refractivity contribution in [3.63, 3.8) is 0 Å². The van der Waals surface area contributed by atoms with Crippen molar-refractivity contribution in [2.24, 2.45) is 5.92 Å². The normalized spacial score (nSPS) is 25.5. The molecule has 0 saturated carbocycles. The van der Waals surface area contributed by atoms with Gasteiger partial charge in [-0.1, -0.05) is 0 Å². The zero-order valence-electron chi connectivity index (χ0n) is 13.4. The smallest absolute Gasteiger partial charge is 0.406 e. The number of hydrogen-bond acceptors (Lipinski definition) is 5. The number of nitrogens with two attached hydrogens (primary N) is 1. The molecule has 25 heavy (non-hydrogen) atoms. The first-order valence-corrected chi connectivity index (χ1v) is 8.00. The van der Waals surface area contributed by atoms with Crippen molar-refractivity contribution >= 4 is 17.3 Å². The summed E-state index contributed by atoms with van der Waals surface area (Å²) in [4.78, 5) is 14.6. The number of anilines is 1. The van der Waals surface area contributed by atoms with Crippen molar-refractivity contribution in [1.29, 1.82) is 5.41 Å². The van der Waals surface area contributed by atoms with Crippen LogP contribution in [0.3, 0.4) is 0 Å². The number of nitrogens with zero attached hydrogens (tertiary/aromatic N) is 1. The van der Waals surface area contributed by atoms with E-state index in [2.05, 4.69) is 15.0 Å². The minimum absolute atomic E-state index is 0.00981. The summed E-state index contributed by atoms with van der Waals surface area (Å²) in [5, 5.41) is 10.9. The van der Waals surface area contributed by atoms with Gasteiger partial charge in [0.15, 0.2) is 0 Å². The minimum Gasteiger partial charge on any atom is -0.406 e. The highest BCUT2D eigenvalue weighted by Crippen LogP contribution is 2.28. The van der Waals surface area contributed by atoms with Gasteiger partial charge in [-0.3, -0.25) is 10.2 Å². The van der Waals surface area contributed by atoms with Crippen LogP contribution in [-0.4, -0.2) is 48.6 Å². The molecular formula is C16H19F3N4O2. The van der Waals surface area contributed by atoms with Crippen molar-refractivity contribution in [1.82, 2.24) is 10.2 Å². The first-order chi connectivity index (χ1) is 11.7. The van der Waals surface area contributed by atoms with E-state index < -0.39 is 18.0 Å². The fourth-order valence-corrected chi connectivity index (χ4v) is 3.46. The van der Waals surface area contributed by atoms with Gasteiger partial charge in [0.25, 0.3) is 5.91 Å². The zero-order valence-corrected chi connectivity index (χ0v) is 13.4. The Kier molecular flexibility index (Phi) is 4.59. The lowest BCUT2D eigenvalue weighted by atomic mass is 9.84. The van der Waals surface area contributed by atoms with Crippen LogP contribution in [0, 0.1) is 11.3 Å². The lowest BCUT2D eigenvalue weighted by Crippen LogP contribution is -2.58. The summed E-state index contributed by atoms with van der Waals surface area (Å²) in [6, 6.07) is 3.17. The Bertz CT molecular complexity index is 684. The summed E-state index contributed by atoms with van der Waals surface area (Å²) in [7, 11) is 0. The van der Waals surface area contributed by atoms with Crippen molar-refractivity contribution in [3.05, 3.63) is 23.8 Å². The second-order valence-electron chi connectivity index (χ2n) is 6.39. The number of halogens is 3. The Balaban J connectivity index is 1.67. The number of piperidine rings is 3. The minimum atomic E-state index is -4.82. The third kappa shape index (κ3) is 4.04. The Labute approximate surface area is 142 Å². The Morgan fingerprint density at radius 2 is 2.00 bits per heavy atom. The maximum absolute atomic E-state index is 12.3. The summed E-state index contributed by atoms with van der Waals surface area (Å²) < 4.78 is 40.4. The van der Waals surface area contributed by atoms with E-state index in [1.54, 1.807) is 0 Å². The SMILES string of the molecule is N=C(C(=O)NC1CN2CCC1CC2)c1ccc(OC(F)(F)F)cc1N. The predicted octanol–water partition coefficient (Wildman–Crippen LogP) is 1.75. The molecule has 1 unspecified atom stereocenters. The number of benzene rings is 1. The lowest BCUT2D eigenvalue weighted by molar-refractivity contribution is -0.274. The molecule has 3 aliphatic heterocycles. The number of nitrogen functional groups attached to an aromatic ring is 1. The van der Waals surface area contributed by atoms with Gasteiger partial charge >= 0.3 is 6.36 Å². The molecule has 0 radical (unpaired) electrons. The topological polar surface area (TPSA) is 91.4 Å². The van der Waals surface area contributed by atoms with E-state index in [0.717, 1.165) is 44.6 Å². The van der Waals surface area contributed by atoms with Gasteiger partial charge in [-0.15, -0.1) is 13.2 Å². The maximum atomic E-state index is 12.3. The standard InChI is InChI=1S/C16H19F3N4O2/c17-16(18,19)25-10-1-2-11(12(20)7-10)14(21)15(24)22-13-8-23-5-3-9(13)4-6-23/h1-2,7,9,13,21H,3-6,8,20H2,(H,22,24). The molecule has 0 aromatic heterocycles. The van der Waals surface area contributed by atoms with E-state index >= 15 is 0 Å². The molecule has 3 saturated heterocycles. The summed E-state index contributed by atoms with van der Waals surface area (Å²) >= 11 is 0. The number of fused-ring (bicyclic) bond motifs is 3. The van der Waals surface area contributed by atoms with Crippen LogP contribution in [0.25, 0.3) is 0 Å².